The summed E-state index contributed by atoms with van der Waals surface area (Å²) < 4.78 is 77.2. The van der Waals surface area contributed by atoms with Crippen LogP contribution < -0.4 is 31.2 Å². The van der Waals surface area contributed by atoms with E-state index in [1.807, 2.05) is 13.8 Å². The first-order valence-corrected chi connectivity index (χ1v) is 43.9. The van der Waals surface area contributed by atoms with E-state index >= 15 is 8.78 Å². The van der Waals surface area contributed by atoms with Crippen molar-refractivity contribution in [1.82, 2.24) is 25.8 Å². The molecule has 4 heterocycles. The standard InChI is InChI=1S/C45H56FN3O10.C24H31N3O6.C21H27FO5.C2HF3O2/c1-26-22-32-31-16-15-27-23-28(50)19-20-42(27,2)44(31,46)35(52)24-43(32,3)45(26,58)41(57)47-21-10-8-6-4-5-7-9-12-29(51)25-59-34-14-11-13-30-37(34)40(56)49(39(30)55)33-17-18-36(53)48-38(33)54;25-14-7-5-3-1-2-4-6-9-16(28)15-33-19-11-8-10-17-21(19)24(32)27(23(17)31)18-12-13-20(29)26-22(18)30;1-11-8-15-14-5-4-12-9-13(23)6-7-18(12,2)20(14,22)16(24)10-19(15,3)21(11,27)17(25)26;3-2(4,5)1(6)7/h11,13-14,19-20,23,26,31-33,35,52,58H,4-10,12,15-18,21-22,24-25H2,1-3H3,(H,47,57)(H,48,53,54);8,10-11,18H,1-7,9,12-15,25H2,(H,26,29,30);6-7,9,11,14-16,24,27H,4-5,8,10H2,1-3H3,(H,25,26);(H,6,7)/t26-,31+,32+,33?,35+,42+,43+,44+,45+;;11-,14+,15+,16+,18+,19+,20+,21+;/m1.1./s1. The summed E-state index contributed by atoms with van der Waals surface area (Å²) >= 11 is 0. The molecule has 0 aromatic heterocycles. The highest BCUT2D eigenvalue weighted by Gasteiger charge is 2.78. The van der Waals surface area contributed by atoms with Crippen LogP contribution in [0.3, 0.4) is 0 Å². The number of nitrogens with zero attached hydrogens (tertiary/aromatic N) is 2. The number of carboxylic acids is 2. The zero-order valence-corrected chi connectivity index (χ0v) is 71.8. The summed E-state index contributed by atoms with van der Waals surface area (Å²) in [6, 6.07) is 6.97. The minimum absolute atomic E-state index is 0.00279. The summed E-state index contributed by atoms with van der Waals surface area (Å²) in [5.41, 5.74) is -5.02. The molecule has 29 nitrogen and oxygen atoms in total. The van der Waals surface area contributed by atoms with Gasteiger partial charge in [-0.2, -0.15) is 13.2 Å². The maximum Gasteiger partial charge on any atom is 0.490 e. The number of amides is 9. The SMILES string of the molecule is C[C@@H]1C[C@H]2[C@@H]3CCC4=CC(=O)C=C[C@]4(C)[C@@]3(F)[C@@H](O)C[C@]2(C)[C@@]1(O)C(=O)NCCCCCCCCCC(=O)COc1cccc2c1C(=O)N(C1CCC(=O)NC1=O)C2=O.C[C@@H]1C[C@H]2[C@@H]3CCC4=CC(=O)C=C[C@]4(C)[C@@]3(F)[C@@H](O)C[C@]2(C)[C@@]1(O)C(=O)O.NCCCCCCCCCC(=O)COc1cccc2c1C(=O)N(C1CCC(=O)NC1=O)C2=O.O=C(O)C(F)(F)F. The number of fused-ring (bicyclic) bond motifs is 12. The molecule has 2 aromatic carbocycles. The normalized spacial score (nSPS) is 33.1. The summed E-state index contributed by atoms with van der Waals surface area (Å²) in [4.78, 5) is 185. The monoisotopic (exact) mass is 1770 g/mol. The fourth-order valence-electron chi connectivity index (χ4n) is 22.7. The molecule has 2 aromatic rings. The van der Waals surface area contributed by atoms with Crippen LogP contribution in [0, 0.1) is 57.2 Å². The molecule has 9 amide bonds. The van der Waals surface area contributed by atoms with E-state index in [9.17, 15) is 106 Å². The summed E-state index contributed by atoms with van der Waals surface area (Å²) in [6.45, 7) is 11.2. The number of hydrogen-bond acceptors (Lipinski definition) is 22. The number of carbonyl (C=O) groups is 15. The van der Waals surface area contributed by atoms with Crippen molar-refractivity contribution < 1.29 is 134 Å². The molecule has 34 heteroatoms. The zero-order chi connectivity index (χ0) is 92.4. The highest BCUT2D eigenvalue weighted by atomic mass is 19.4. The number of hydrogen-bond donors (Lipinski definition) is 10. The van der Waals surface area contributed by atoms with Crippen LogP contribution in [-0.2, 0) is 52.7 Å². The molecule has 2 unspecified atom stereocenters. The number of aliphatic hydroxyl groups is 4. The van der Waals surface area contributed by atoms with Crippen molar-refractivity contribution in [2.45, 2.75) is 274 Å². The summed E-state index contributed by atoms with van der Waals surface area (Å²) in [5, 5.41) is 70.1. The Labute approximate surface area is 726 Å². The summed E-state index contributed by atoms with van der Waals surface area (Å²) in [5.74, 6) is -12.5. The Morgan fingerprint density at radius 1 is 0.524 bits per heavy atom. The van der Waals surface area contributed by atoms with Crippen LogP contribution in [0.2, 0.25) is 0 Å². The molecule has 4 aliphatic heterocycles. The molecule has 0 radical (unpaired) electrons. The smallest absolute Gasteiger partial charge is 0.485 e. The topological polar surface area (TPSA) is 464 Å². The predicted octanol–water partition coefficient (Wildman–Crippen LogP) is 9.79. The van der Waals surface area contributed by atoms with Gasteiger partial charge in [-0.15, -0.1) is 0 Å². The number of alkyl halides is 5. The first kappa shape index (κ1) is 96.7. The van der Waals surface area contributed by atoms with Crippen LogP contribution in [0.1, 0.15) is 263 Å². The molecule has 6 saturated carbocycles. The van der Waals surface area contributed by atoms with Crippen molar-refractivity contribution in [3.8, 4) is 11.5 Å². The minimum atomic E-state index is -5.08. The number of aliphatic hydroxyl groups excluding tert-OH is 2. The Bertz CT molecular complexity index is 4820. The van der Waals surface area contributed by atoms with Gasteiger partial charge in [-0.1, -0.05) is 127 Å². The first-order chi connectivity index (χ1) is 59.3. The van der Waals surface area contributed by atoms with Gasteiger partial charge in [0.1, 0.15) is 36.8 Å². The molecule has 0 bridgehead atoms. The molecule has 11 N–H and O–H groups in total. The van der Waals surface area contributed by atoms with Crippen LogP contribution in [-0.4, -0.2) is 208 Å². The lowest BCUT2D eigenvalue weighted by molar-refractivity contribution is -0.225. The zero-order valence-electron chi connectivity index (χ0n) is 71.8. The highest BCUT2D eigenvalue weighted by Crippen LogP contribution is 2.73. The van der Waals surface area contributed by atoms with E-state index in [2.05, 4.69) is 16.0 Å². The van der Waals surface area contributed by atoms with Crippen LogP contribution in [0.15, 0.2) is 84.0 Å². The Morgan fingerprint density at radius 2 is 0.897 bits per heavy atom. The molecule has 2 saturated heterocycles. The van der Waals surface area contributed by atoms with E-state index in [1.54, 1.807) is 52.0 Å². The molecular weight excluding hydrogens is 1650 g/mol. The van der Waals surface area contributed by atoms with Gasteiger partial charge in [0, 0.05) is 65.7 Å². The second kappa shape index (κ2) is 38.2. The molecule has 12 aliphatic rings. The number of rotatable bonds is 29. The molecule has 14 rings (SSSR count). The number of carbonyl (C=O) groups excluding carboxylic acids is 13. The number of imide groups is 4. The van der Waals surface area contributed by atoms with Crippen molar-refractivity contribution in [3.05, 3.63) is 106 Å². The van der Waals surface area contributed by atoms with Gasteiger partial charge in [0.2, 0.25) is 23.6 Å². The fourth-order valence-corrected chi connectivity index (χ4v) is 22.7. The van der Waals surface area contributed by atoms with Gasteiger partial charge in [0.05, 0.1) is 34.5 Å². The van der Waals surface area contributed by atoms with Gasteiger partial charge in [0.15, 0.2) is 45.7 Å². The molecular formula is C92H115F5N6O23. The molecule has 8 fully saturated rings. The number of nitrogens with two attached hydrogens (primary N) is 1. The van der Waals surface area contributed by atoms with Crippen molar-refractivity contribution >= 4 is 88.2 Å². The molecule has 0 spiro atoms. The quantitative estimate of drug-likeness (QED) is 0.0206. The van der Waals surface area contributed by atoms with Crippen LogP contribution in [0.5, 0.6) is 11.5 Å². The summed E-state index contributed by atoms with van der Waals surface area (Å²) in [6.07, 6.45) is 17.6. The lowest BCUT2D eigenvalue weighted by Crippen LogP contribution is -2.70. The Morgan fingerprint density at radius 3 is 1.28 bits per heavy atom. The fraction of sp³-hybridized carbons (Fsp3) is 0.620. The van der Waals surface area contributed by atoms with Gasteiger partial charge in [0.25, 0.3) is 29.5 Å². The number of carboxylic acid groups (broad SMARTS) is 2. The average Bonchev–Trinajstić information content (AvgIpc) is 1.44. The van der Waals surface area contributed by atoms with E-state index in [4.69, 9.17) is 25.1 Å². The Kier molecular flexibility index (Phi) is 29.3. The molecule has 126 heavy (non-hydrogen) atoms. The van der Waals surface area contributed by atoms with Crippen LogP contribution in [0.4, 0.5) is 22.0 Å². The third-order valence-corrected chi connectivity index (χ3v) is 29.6. The Hall–Kier alpha value is -9.90. The van der Waals surface area contributed by atoms with Gasteiger partial charge < -0.3 is 51.2 Å². The summed E-state index contributed by atoms with van der Waals surface area (Å²) in [7, 11) is 0. The number of aliphatic carboxylic acids is 2. The van der Waals surface area contributed by atoms with E-state index in [0.29, 0.717) is 75.5 Å². The lowest BCUT2D eigenvalue weighted by atomic mass is 9.44. The van der Waals surface area contributed by atoms with Gasteiger partial charge in [-0.3, -0.25) is 82.8 Å². The second-order valence-corrected chi connectivity index (χ2v) is 36.8. The van der Waals surface area contributed by atoms with Crippen molar-refractivity contribution in [2.24, 2.45) is 62.9 Å². The highest BCUT2D eigenvalue weighted by molar-refractivity contribution is 6.25. The van der Waals surface area contributed by atoms with Crippen molar-refractivity contribution in [3.63, 3.8) is 0 Å². The number of ketones is 4. The maximum absolute atomic E-state index is 17.4. The van der Waals surface area contributed by atoms with E-state index in [1.165, 1.54) is 48.6 Å². The number of allylic oxidation sites excluding steroid dienone is 8. The Balaban J connectivity index is 0.000000193. The number of benzene rings is 2. The number of unbranched alkanes of at least 4 members (excludes halogenated alkanes) is 12. The number of nitrogens with one attached hydrogen (secondary N) is 3. The van der Waals surface area contributed by atoms with E-state index in [-0.39, 0.29) is 127 Å². The van der Waals surface area contributed by atoms with Gasteiger partial charge in [-0.25, -0.2) is 18.4 Å². The number of ether oxygens (including phenoxy) is 2. The number of Topliss-reactive ketones (excluding diaryl/α,β-unsaturated/α-hetero) is 2. The molecule has 18 atom stereocenters. The van der Waals surface area contributed by atoms with Crippen LogP contribution in [0.25, 0.3) is 0 Å². The average molecular weight is 1770 g/mol. The largest absolute Gasteiger partial charge is 0.490 e. The number of halogens is 5. The van der Waals surface area contributed by atoms with Gasteiger partial charge in [-0.05, 0) is 183 Å². The predicted molar refractivity (Wildman–Crippen MR) is 440 cm³/mol. The third-order valence-electron chi connectivity index (χ3n) is 29.6. The number of piperidine rings is 2. The molecule has 8 aliphatic carbocycles. The lowest BCUT2D eigenvalue weighted by Gasteiger charge is -2.62. The minimum Gasteiger partial charge on any atom is -0.485 e. The third kappa shape index (κ3) is 17.7. The second-order valence-electron chi connectivity index (χ2n) is 36.8. The first-order valence-electron chi connectivity index (χ1n) is 43.9. The van der Waals surface area contributed by atoms with Crippen LogP contribution >= 0.6 is 0 Å². The van der Waals surface area contributed by atoms with E-state index < -0.39 is 163 Å². The van der Waals surface area contributed by atoms with Crippen molar-refractivity contribution in [2.75, 3.05) is 26.3 Å². The molecule has 686 valence electrons. The maximum atomic E-state index is 17.4. The van der Waals surface area contributed by atoms with Gasteiger partial charge >= 0.3 is 18.1 Å². The van der Waals surface area contributed by atoms with Crippen molar-refractivity contribution in [1.29, 1.82) is 0 Å². The van der Waals surface area contributed by atoms with E-state index in [0.717, 1.165) is 93.4 Å².